The molecule has 0 radical (unpaired) electrons. The maximum absolute atomic E-state index is 14.8. The number of hydrogen-bond donors (Lipinski definition) is 1. The van der Waals surface area contributed by atoms with Crippen LogP contribution in [-0.4, -0.2) is 28.0 Å². The first-order valence-electron chi connectivity index (χ1n) is 7.30. The zero-order valence-corrected chi connectivity index (χ0v) is 12.8. The van der Waals surface area contributed by atoms with E-state index in [1.807, 2.05) is 6.07 Å². The van der Waals surface area contributed by atoms with Gasteiger partial charge in [0.1, 0.15) is 11.4 Å². The monoisotopic (exact) mass is 327 g/mol. The molecule has 0 unspecified atom stereocenters. The standard InChI is InChI=1S/C17H14FN3O3/c1-2-23-17(22)16-15(19-21-20-16)12-9-6-10-13(14(12)18)24-11-7-4-3-5-8-11/h3-10H,2H2,1H3,(H,19,20,21). The van der Waals surface area contributed by atoms with Crippen LogP contribution in [0.25, 0.3) is 11.3 Å². The molecule has 3 aromatic rings. The van der Waals surface area contributed by atoms with Gasteiger partial charge in [-0.05, 0) is 31.2 Å². The largest absolute Gasteiger partial charge is 0.461 e. The molecule has 6 nitrogen and oxygen atoms in total. The molecule has 7 heteroatoms. The van der Waals surface area contributed by atoms with Gasteiger partial charge in [-0.1, -0.05) is 24.3 Å². The highest BCUT2D eigenvalue weighted by molar-refractivity contribution is 5.94. The Morgan fingerprint density at radius 3 is 2.67 bits per heavy atom. The lowest BCUT2D eigenvalue weighted by Crippen LogP contribution is -2.07. The third-order valence-corrected chi connectivity index (χ3v) is 3.21. The molecule has 1 N–H and O–H groups in total. The van der Waals surface area contributed by atoms with E-state index < -0.39 is 11.8 Å². The smallest absolute Gasteiger partial charge is 0.361 e. The summed E-state index contributed by atoms with van der Waals surface area (Å²) >= 11 is 0. The summed E-state index contributed by atoms with van der Waals surface area (Å²) in [5.74, 6) is -0.785. The quantitative estimate of drug-likeness (QED) is 0.725. The number of esters is 1. The molecule has 0 aliphatic carbocycles. The van der Waals surface area contributed by atoms with Gasteiger partial charge in [-0.25, -0.2) is 9.18 Å². The molecule has 0 aliphatic heterocycles. The number of carbonyl (C=O) groups is 1. The molecule has 1 aromatic heterocycles. The lowest BCUT2D eigenvalue weighted by molar-refractivity contribution is 0.0520. The Balaban J connectivity index is 1.97. The lowest BCUT2D eigenvalue weighted by atomic mass is 10.1. The second-order valence-electron chi connectivity index (χ2n) is 4.77. The molecular formula is C17H14FN3O3. The molecule has 0 fully saturated rings. The zero-order valence-electron chi connectivity index (χ0n) is 12.8. The molecule has 3 rings (SSSR count). The van der Waals surface area contributed by atoms with E-state index in [1.165, 1.54) is 12.1 Å². The first-order valence-corrected chi connectivity index (χ1v) is 7.30. The predicted molar refractivity (Wildman–Crippen MR) is 84.2 cm³/mol. The van der Waals surface area contributed by atoms with Crippen molar-refractivity contribution in [2.75, 3.05) is 6.61 Å². The van der Waals surface area contributed by atoms with Crippen LogP contribution in [0.2, 0.25) is 0 Å². The number of carbonyl (C=O) groups excluding carboxylic acids is 1. The van der Waals surface area contributed by atoms with Crippen LogP contribution in [0.1, 0.15) is 17.4 Å². The van der Waals surface area contributed by atoms with Crippen LogP contribution < -0.4 is 4.74 Å². The van der Waals surface area contributed by atoms with E-state index in [0.29, 0.717) is 5.75 Å². The van der Waals surface area contributed by atoms with Crippen molar-refractivity contribution in [3.8, 4) is 22.8 Å². The van der Waals surface area contributed by atoms with Crippen LogP contribution in [0.4, 0.5) is 4.39 Å². The van der Waals surface area contributed by atoms with Gasteiger partial charge in [-0.3, -0.25) is 0 Å². The number of halogens is 1. The van der Waals surface area contributed by atoms with Crippen LogP contribution in [0.3, 0.4) is 0 Å². The summed E-state index contributed by atoms with van der Waals surface area (Å²) in [7, 11) is 0. The Morgan fingerprint density at radius 2 is 1.92 bits per heavy atom. The maximum Gasteiger partial charge on any atom is 0.361 e. The minimum atomic E-state index is -0.671. The normalized spacial score (nSPS) is 10.4. The minimum Gasteiger partial charge on any atom is -0.461 e. The summed E-state index contributed by atoms with van der Waals surface area (Å²) in [6, 6.07) is 13.4. The van der Waals surface area contributed by atoms with Crippen LogP contribution >= 0.6 is 0 Å². The van der Waals surface area contributed by atoms with Crippen molar-refractivity contribution in [3.05, 3.63) is 60.0 Å². The van der Waals surface area contributed by atoms with Gasteiger partial charge in [-0.2, -0.15) is 10.3 Å². The Hall–Kier alpha value is -3.22. The molecule has 2 aromatic carbocycles. The average molecular weight is 327 g/mol. The van der Waals surface area contributed by atoms with Gasteiger partial charge in [0.05, 0.1) is 6.61 Å². The second kappa shape index (κ2) is 6.91. The van der Waals surface area contributed by atoms with E-state index in [-0.39, 0.29) is 29.3 Å². The second-order valence-corrected chi connectivity index (χ2v) is 4.77. The maximum atomic E-state index is 14.8. The van der Waals surface area contributed by atoms with Crippen molar-refractivity contribution in [1.29, 1.82) is 0 Å². The minimum absolute atomic E-state index is 0.0245. The number of nitrogens with zero attached hydrogens (tertiary/aromatic N) is 2. The zero-order chi connectivity index (χ0) is 16.9. The molecule has 0 bridgehead atoms. The molecule has 0 aliphatic rings. The van der Waals surface area contributed by atoms with Gasteiger partial charge in [0.2, 0.25) is 0 Å². The average Bonchev–Trinajstić information content (AvgIpc) is 3.07. The fourth-order valence-corrected chi connectivity index (χ4v) is 2.15. The highest BCUT2D eigenvalue weighted by atomic mass is 19.1. The highest BCUT2D eigenvalue weighted by Crippen LogP contribution is 2.32. The van der Waals surface area contributed by atoms with Crippen molar-refractivity contribution >= 4 is 5.97 Å². The van der Waals surface area contributed by atoms with Gasteiger partial charge in [0, 0.05) is 5.56 Å². The number of aromatic amines is 1. The molecule has 0 atom stereocenters. The van der Waals surface area contributed by atoms with Crippen LogP contribution in [0.5, 0.6) is 11.5 Å². The van der Waals surface area contributed by atoms with Crippen LogP contribution in [-0.2, 0) is 4.74 Å². The first-order chi connectivity index (χ1) is 11.7. The molecule has 0 spiro atoms. The van der Waals surface area contributed by atoms with Gasteiger partial charge >= 0.3 is 5.97 Å². The molecule has 0 amide bonds. The summed E-state index contributed by atoms with van der Waals surface area (Å²) in [6.45, 7) is 1.86. The Bertz CT molecular complexity index is 849. The van der Waals surface area contributed by atoms with E-state index in [2.05, 4.69) is 15.4 Å². The molecule has 1 heterocycles. The van der Waals surface area contributed by atoms with Gasteiger partial charge < -0.3 is 9.47 Å². The molecule has 0 saturated carbocycles. The van der Waals surface area contributed by atoms with Crippen molar-refractivity contribution in [2.45, 2.75) is 6.92 Å². The first kappa shape index (κ1) is 15.7. The van der Waals surface area contributed by atoms with Gasteiger partial charge in [0.25, 0.3) is 0 Å². The van der Waals surface area contributed by atoms with E-state index >= 15 is 0 Å². The fourth-order valence-electron chi connectivity index (χ4n) is 2.15. The number of para-hydroxylation sites is 1. The van der Waals surface area contributed by atoms with Crippen molar-refractivity contribution < 1.29 is 18.7 Å². The van der Waals surface area contributed by atoms with Crippen LogP contribution in [0, 0.1) is 5.82 Å². The third kappa shape index (κ3) is 3.10. The number of benzene rings is 2. The number of rotatable bonds is 5. The number of hydrogen-bond acceptors (Lipinski definition) is 5. The molecular weight excluding hydrogens is 313 g/mol. The van der Waals surface area contributed by atoms with E-state index in [9.17, 15) is 9.18 Å². The number of aromatic nitrogens is 3. The highest BCUT2D eigenvalue weighted by Gasteiger charge is 2.23. The molecule has 24 heavy (non-hydrogen) atoms. The van der Waals surface area contributed by atoms with Gasteiger partial charge in [-0.15, -0.1) is 5.10 Å². The topological polar surface area (TPSA) is 77.1 Å². The van der Waals surface area contributed by atoms with Crippen LogP contribution in [0.15, 0.2) is 48.5 Å². The SMILES string of the molecule is CCOC(=O)c1n[nH]nc1-c1cccc(Oc2ccccc2)c1F. The Labute approximate surface area is 137 Å². The van der Waals surface area contributed by atoms with Crippen molar-refractivity contribution in [3.63, 3.8) is 0 Å². The summed E-state index contributed by atoms with van der Waals surface area (Å²) in [4.78, 5) is 11.9. The third-order valence-electron chi connectivity index (χ3n) is 3.21. The summed E-state index contributed by atoms with van der Waals surface area (Å²) in [6.07, 6.45) is 0. The Morgan fingerprint density at radius 1 is 1.12 bits per heavy atom. The van der Waals surface area contributed by atoms with E-state index in [0.717, 1.165) is 0 Å². The van der Waals surface area contributed by atoms with E-state index in [4.69, 9.17) is 9.47 Å². The summed E-state index contributed by atoms with van der Waals surface area (Å²) in [5, 5.41) is 9.94. The summed E-state index contributed by atoms with van der Waals surface area (Å²) < 4.78 is 25.2. The number of nitrogens with one attached hydrogen (secondary N) is 1. The lowest BCUT2D eigenvalue weighted by Gasteiger charge is -2.09. The number of ether oxygens (including phenoxy) is 2. The van der Waals surface area contributed by atoms with Gasteiger partial charge in [0.15, 0.2) is 17.3 Å². The van der Waals surface area contributed by atoms with Crippen molar-refractivity contribution in [2.24, 2.45) is 0 Å². The molecule has 122 valence electrons. The fraction of sp³-hybridized carbons (Fsp3) is 0.118. The van der Waals surface area contributed by atoms with Crippen molar-refractivity contribution in [1.82, 2.24) is 15.4 Å². The van der Waals surface area contributed by atoms with E-state index in [1.54, 1.807) is 37.3 Å². The summed E-state index contributed by atoms with van der Waals surface area (Å²) in [5.41, 5.74) is 0.0947. The number of H-pyrrole nitrogens is 1. The molecule has 0 saturated heterocycles. The Kier molecular flexibility index (Phi) is 4.51. The predicted octanol–water partition coefficient (Wildman–Crippen LogP) is 3.58.